The van der Waals surface area contributed by atoms with Gasteiger partial charge in [-0.15, -0.1) is 0 Å². The number of nitrogens with one attached hydrogen (secondary N) is 1. The van der Waals surface area contributed by atoms with Gasteiger partial charge in [-0.1, -0.05) is 40.5 Å². The number of thioether (sulfide) groups is 1. The van der Waals surface area contributed by atoms with E-state index in [1.807, 2.05) is 0 Å². The van der Waals surface area contributed by atoms with Crippen LogP contribution in [0.1, 0.15) is 53.4 Å². The molecule has 0 spiro atoms. The fourth-order valence-electron chi connectivity index (χ4n) is 1.97. The van der Waals surface area contributed by atoms with Crippen LogP contribution in [0.15, 0.2) is 0 Å². The monoisotopic (exact) mass is 231 g/mol. The van der Waals surface area contributed by atoms with Crippen molar-refractivity contribution in [1.82, 2.24) is 5.32 Å². The van der Waals surface area contributed by atoms with Gasteiger partial charge in [-0.25, -0.2) is 0 Å². The molecule has 0 aromatic carbocycles. The van der Waals surface area contributed by atoms with Crippen LogP contribution in [0, 0.1) is 5.92 Å². The first-order valence-corrected chi connectivity index (χ1v) is 7.71. The Morgan fingerprint density at radius 2 is 1.87 bits per heavy atom. The predicted molar refractivity (Wildman–Crippen MR) is 73.8 cm³/mol. The largest absolute Gasteiger partial charge is 0.313 e. The van der Waals surface area contributed by atoms with Gasteiger partial charge in [0.25, 0.3) is 0 Å². The van der Waals surface area contributed by atoms with E-state index in [9.17, 15) is 0 Å². The summed E-state index contributed by atoms with van der Waals surface area (Å²) in [5.74, 6) is 3.47. The summed E-state index contributed by atoms with van der Waals surface area (Å²) in [6.07, 6.45) is 5.34. The molecular weight excluding hydrogens is 202 g/mol. The molecule has 1 nitrogen and oxygen atoms in total. The van der Waals surface area contributed by atoms with E-state index in [1.54, 1.807) is 0 Å². The van der Waals surface area contributed by atoms with Crippen molar-refractivity contribution in [1.29, 1.82) is 0 Å². The molecule has 0 radical (unpaired) electrons. The highest BCUT2D eigenvalue weighted by Crippen LogP contribution is 2.16. The van der Waals surface area contributed by atoms with Crippen LogP contribution in [0.5, 0.6) is 0 Å². The van der Waals surface area contributed by atoms with Gasteiger partial charge in [0, 0.05) is 11.8 Å². The van der Waals surface area contributed by atoms with Gasteiger partial charge in [-0.2, -0.15) is 11.8 Å². The topological polar surface area (TPSA) is 12.0 Å². The first-order valence-electron chi connectivity index (χ1n) is 6.55. The fraction of sp³-hybridized carbons (Fsp3) is 1.00. The maximum absolute atomic E-state index is 3.61. The fourth-order valence-corrected chi connectivity index (χ4v) is 2.96. The van der Waals surface area contributed by atoms with E-state index in [4.69, 9.17) is 0 Å². The summed E-state index contributed by atoms with van der Waals surface area (Å²) in [4.78, 5) is 0. The second-order valence-corrected chi connectivity index (χ2v) is 5.61. The molecule has 0 aromatic heterocycles. The molecule has 2 unspecified atom stereocenters. The summed E-state index contributed by atoms with van der Waals surface area (Å²) in [6.45, 7) is 10.2. The van der Waals surface area contributed by atoms with Crippen molar-refractivity contribution in [3.05, 3.63) is 0 Å². The third kappa shape index (κ3) is 9.25. The van der Waals surface area contributed by atoms with E-state index in [1.165, 1.54) is 37.2 Å². The molecule has 0 aromatic rings. The van der Waals surface area contributed by atoms with E-state index in [2.05, 4.69) is 44.8 Å². The molecule has 0 aliphatic heterocycles. The smallest absolute Gasteiger partial charge is 0.0160 e. The summed E-state index contributed by atoms with van der Waals surface area (Å²) in [7, 11) is 0. The lowest BCUT2D eigenvalue weighted by atomic mass is 9.98. The highest BCUT2D eigenvalue weighted by molar-refractivity contribution is 7.99. The van der Waals surface area contributed by atoms with Crippen molar-refractivity contribution in [3.8, 4) is 0 Å². The van der Waals surface area contributed by atoms with Crippen molar-refractivity contribution in [2.75, 3.05) is 18.1 Å². The Morgan fingerprint density at radius 1 is 1.13 bits per heavy atom. The standard InChI is InChI=1S/C13H29NS/c1-5-8-12(4)10-13(14-7-3)11-15-9-6-2/h12-14H,5-11H2,1-4H3. The Kier molecular flexibility index (Phi) is 11.0. The van der Waals surface area contributed by atoms with Crippen molar-refractivity contribution in [3.63, 3.8) is 0 Å². The zero-order valence-corrected chi connectivity index (χ0v) is 11.8. The van der Waals surface area contributed by atoms with Crippen LogP contribution < -0.4 is 5.32 Å². The summed E-state index contributed by atoms with van der Waals surface area (Å²) in [5, 5.41) is 3.61. The van der Waals surface area contributed by atoms with Crippen molar-refractivity contribution in [2.24, 2.45) is 5.92 Å². The van der Waals surface area contributed by atoms with Crippen molar-refractivity contribution >= 4 is 11.8 Å². The molecule has 2 atom stereocenters. The molecule has 0 aliphatic carbocycles. The quantitative estimate of drug-likeness (QED) is 0.572. The second kappa shape index (κ2) is 10.8. The van der Waals surface area contributed by atoms with Crippen molar-refractivity contribution in [2.45, 2.75) is 59.4 Å². The van der Waals surface area contributed by atoms with Crippen LogP contribution in [0.25, 0.3) is 0 Å². The molecule has 0 heterocycles. The van der Waals surface area contributed by atoms with Crippen molar-refractivity contribution < 1.29 is 0 Å². The molecule has 0 aliphatic rings. The molecule has 0 saturated carbocycles. The van der Waals surface area contributed by atoms with E-state index in [0.717, 1.165) is 18.5 Å². The Hall–Kier alpha value is 0.310. The van der Waals surface area contributed by atoms with Crippen LogP contribution in [-0.2, 0) is 0 Å². The minimum Gasteiger partial charge on any atom is -0.313 e. The number of hydrogen-bond acceptors (Lipinski definition) is 2. The first-order chi connectivity index (χ1) is 7.24. The first kappa shape index (κ1) is 15.3. The Bertz CT molecular complexity index is 128. The van der Waals surface area contributed by atoms with E-state index >= 15 is 0 Å². The maximum Gasteiger partial charge on any atom is 0.0160 e. The van der Waals surface area contributed by atoms with Gasteiger partial charge in [-0.05, 0) is 31.1 Å². The minimum atomic E-state index is 0.730. The summed E-state index contributed by atoms with van der Waals surface area (Å²) >= 11 is 2.10. The Balaban J connectivity index is 3.70. The van der Waals surface area contributed by atoms with Crippen LogP contribution in [-0.4, -0.2) is 24.1 Å². The van der Waals surface area contributed by atoms with Crippen LogP contribution in [0.2, 0.25) is 0 Å². The lowest BCUT2D eigenvalue weighted by molar-refractivity contribution is 0.409. The third-order valence-corrected chi connectivity index (χ3v) is 3.96. The van der Waals surface area contributed by atoms with E-state index in [0.29, 0.717) is 0 Å². The summed E-state index contributed by atoms with van der Waals surface area (Å²) in [6, 6.07) is 0.730. The van der Waals surface area contributed by atoms with Crippen LogP contribution in [0.3, 0.4) is 0 Å². The SMILES string of the molecule is CCCSCC(CC(C)CCC)NCC. The average Bonchev–Trinajstić information content (AvgIpc) is 2.18. The summed E-state index contributed by atoms with van der Waals surface area (Å²) < 4.78 is 0. The minimum absolute atomic E-state index is 0.730. The molecule has 0 amide bonds. The highest BCUT2D eigenvalue weighted by Gasteiger charge is 2.11. The average molecular weight is 231 g/mol. The van der Waals surface area contributed by atoms with Gasteiger partial charge < -0.3 is 5.32 Å². The lowest BCUT2D eigenvalue weighted by Gasteiger charge is -2.21. The molecule has 15 heavy (non-hydrogen) atoms. The van der Waals surface area contributed by atoms with Gasteiger partial charge in [0.1, 0.15) is 0 Å². The molecule has 0 rings (SSSR count). The summed E-state index contributed by atoms with van der Waals surface area (Å²) in [5.41, 5.74) is 0. The van der Waals surface area contributed by atoms with Gasteiger partial charge in [-0.3, -0.25) is 0 Å². The lowest BCUT2D eigenvalue weighted by Crippen LogP contribution is -2.33. The normalized spacial score (nSPS) is 15.2. The zero-order chi connectivity index (χ0) is 11.5. The van der Waals surface area contributed by atoms with Gasteiger partial charge >= 0.3 is 0 Å². The van der Waals surface area contributed by atoms with Crippen LogP contribution in [0.4, 0.5) is 0 Å². The van der Waals surface area contributed by atoms with Gasteiger partial charge in [0.05, 0.1) is 0 Å². The van der Waals surface area contributed by atoms with E-state index < -0.39 is 0 Å². The number of hydrogen-bond donors (Lipinski definition) is 1. The highest BCUT2D eigenvalue weighted by atomic mass is 32.2. The second-order valence-electron chi connectivity index (χ2n) is 4.46. The predicted octanol–water partition coefficient (Wildman–Crippen LogP) is 3.93. The van der Waals surface area contributed by atoms with Gasteiger partial charge in [0.15, 0.2) is 0 Å². The molecule has 92 valence electrons. The molecule has 1 N–H and O–H groups in total. The van der Waals surface area contributed by atoms with Gasteiger partial charge in [0.2, 0.25) is 0 Å². The molecule has 0 bridgehead atoms. The van der Waals surface area contributed by atoms with Crippen LogP contribution >= 0.6 is 11.8 Å². The number of rotatable bonds is 10. The molecule has 0 fully saturated rings. The molecular formula is C13H29NS. The van der Waals surface area contributed by atoms with E-state index in [-0.39, 0.29) is 0 Å². The Morgan fingerprint density at radius 3 is 2.40 bits per heavy atom. The molecule has 2 heteroatoms. The molecule has 0 saturated heterocycles. The maximum atomic E-state index is 3.61. The third-order valence-electron chi connectivity index (χ3n) is 2.63. The zero-order valence-electron chi connectivity index (χ0n) is 11.0. The Labute approximate surface area is 101 Å².